The van der Waals surface area contributed by atoms with E-state index < -0.39 is 26.0 Å². The van der Waals surface area contributed by atoms with Crippen molar-refractivity contribution in [2.24, 2.45) is 0 Å². The number of phenols is 1. The number of phenolic OH excluding ortho intramolecular Hbond substituents is 1. The third-order valence-corrected chi connectivity index (χ3v) is 5.42. The number of carbonyl (C=O) groups is 2. The Kier molecular flexibility index (Phi) is 5.81. The molecule has 0 saturated heterocycles. The van der Waals surface area contributed by atoms with Gasteiger partial charge in [-0.05, 0) is 0 Å². The maximum absolute atomic E-state index is 12.2. The second kappa shape index (κ2) is 7.15. The van der Waals surface area contributed by atoms with Crippen LogP contribution >= 0.6 is 0 Å². The fraction of sp³-hybridized carbons (Fsp3) is 0.231. The van der Waals surface area contributed by atoms with Crippen LogP contribution < -0.4 is 9.67 Å². The quantitative estimate of drug-likeness (QED) is 0.503. The zero-order valence-corrected chi connectivity index (χ0v) is 13.3. The summed E-state index contributed by atoms with van der Waals surface area (Å²) in [7, 11) is 0. The van der Waals surface area contributed by atoms with Crippen LogP contribution in [0.5, 0.6) is 5.75 Å². The van der Waals surface area contributed by atoms with Crippen LogP contribution in [0, 0.1) is 0 Å². The molecule has 0 aliphatic rings. The van der Waals surface area contributed by atoms with Gasteiger partial charge in [0.1, 0.15) is 0 Å². The molecular weight excluding hydrogens is 341 g/mol. The second-order valence-electron chi connectivity index (χ2n) is 4.19. The Hall–Kier alpha value is -1.98. The SMILES string of the molecule is C=CCCC(=O)O[As](=O)(O)c1ccc(O)cc1NC(C)=O. The third kappa shape index (κ3) is 5.13. The number of amides is 1. The molecule has 1 atom stereocenters. The van der Waals surface area contributed by atoms with Crippen molar-refractivity contribution in [1.29, 1.82) is 0 Å². The molecule has 0 bridgehead atoms. The van der Waals surface area contributed by atoms with Gasteiger partial charge in [0.2, 0.25) is 0 Å². The molecule has 1 rings (SSSR count). The van der Waals surface area contributed by atoms with Crippen molar-refractivity contribution in [3.8, 4) is 5.75 Å². The number of nitrogens with one attached hydrogen (secondary N) is 1. The van der Waals surface area contributed by atoms with Crippen LogP contribution in [0.3, 0.4) is 0 Å². The van der Waals surface area contributed by atoms with Gasteiger partial charge in [-0.1, -0.05) is 0 Å². The third-order valence-electron chi connectivity index (χ3n) is 2.37. The van der Waals surface area contributed by atoms with E-state index in [0.29, 0.717) is 6.42 Å². The monoisotopic (exact) mass is 357 g/mol. The van der Waals surface area contributed by atoms with Crippen molar-refractivity contribution in [1.82, 2.24) is 0 Å². The van der Waals surface area contributed by atoms with E-state index >= 15 is 0 Å². The van der Waals surface area contributed by atoms with Crippen LogP contribution in [0.4, 0.5) is 5.69 Å². The molecule has 8 heteroatoms. The number of hydrogen-bond donors (Lipinski definition) is 3. The molecule has 1 aromatic carbocycles. The molecule has 21 heavy (non-hydrogen) atoms. The Morgan fingerprint density at radius 2 is 2.14 bits per heavy atom. The van der Waals surface area contributed by atoms with E-state index in [1.165, 1.54) is 19.1 Å². The average molecular weight is 357 g/mol. The summed E-state index contributed by atoms with van der Waals surface area (Å²) in [6.07, 6.45) is 1.74. The van der Waals surface area contributed by atoms with E-state index in [1.807, 2.05) is 0 Å². The van der Waals surface area contributed by atoms with Gasteiger partial charge in [0.05, 0.1) is 0 Å². The molecule has 0 heterocycles. The molecule has 1 amide bonds. The van der Waals surface area contributed by atoms with Gasteiger partial charge in [-0.25, -0.2) is 0 Å². The Balaban J connectivity index is 3.06. The van der Waals surface area contributed by atoms with Gasteiger partial charge in [-0.3, -0.25) is 0 Å². The standard InChI is InChI=1S/C13H16AsNO6/c1-3-4-5-13(18)21-14(19,20)11-7-6-10(17)8-12(11)15-9(2)16/h3,6-8,17H,1,4-5H2,2H3,(H,15,16)(H,19,20). The first-order valence-electron chi connectivity index (χ1n) is 6.03. The summed E-state index contributed by atoms with van der Waals surface area (Å²) < 4.78 is 26.6. The van der Waals surface area contributed by atoms with Crippen LogP contribution in [-0.2, 0) is 17.1 Å². The number of hydrogen-bond acceptors (Lipinski definition) is 5. The van der Waals surface area contributed by atoms with Crippen molar-refractivity contribution in [2.75, 3.05) is 5.32 Å². The molecule has 0 aromatic heterocycles. The van der Waals surface area contributed by atoms with Crippen LogP contribution in [0.25, 0.3) is 0 Å². The van der Waals surface area contributed by atoms with Crippen LogP contribution in [0.15, 0.2) is 30.9 Å². The maximum atomic E-state index is 12.2. The predicted molar refractivity (Wildman–Crippen MR) is 76.2 cm³/mol. The predicted octanol–water partition coefficient (Wildman–Crippen LogP) is 0.429. The van der Waals surface area contributed by atoms with Gasteiger partial charge < -0.3 is 0 Å². The molecule has 7 nitrogen and oxygen atoms in total. The molecule has 0 aliphatic carbocycles. The number of allylic oxidation sites excluding steroid dienone is 1. The average Bonchev–Trinajstić information content (AvgIpc) is 2.34. The molecule has 1 unspecified atom stereocenters. The normalized spacial score (nSPS) is 13.0. The topological polar surface area (TPSA) is 113 Å². The van der Waals surface area contributed by atoms with E-state index in [2.05, 4.69) is 15.6 Å². The summed E-state index contributed by atoms with van der Waals surface area (Å²) in [5.74, 6) is -1.52. The van der Waals surface area contributed by atoms with E-state index in [1.54, 1.807) is 0 Å². The van der Waals surface area contributed by atoms with E-state index in [-0.39, 0.29) is 22.2 Å². The fourth-order valence-electron chi connectivity index (χ4n) is 1.51. The first-order chi connectivity index (χ1) is 9.76. The van der Waals surface area contributed by atoms with Crippen molar-refractivity contribution in [3.05, 3.63) is 30.9 Å². The number of carbonyl (C=O) groups excluding carboxylic acids is 2. The van der Waals surface area contributed by atoms with E-state index in [9.17, 15) is 22.5 Å². The molecule has 0 radical (unpaired) electrons. The molecule has 0 saturated carbocycles. The summed E-state index contributed by atoms with van der Waals surface area (Å²) in [6, 6.07) is 3.42. The zero-order valence-electron chi connectivity index (χ0n) is 11.4. The summed E-state index contributed by atoms with van der Waals surface area (Å²) in [5.41, 5.74) is -0.0657. The molecular formula is C13H16AsNO6. The Bertz CT molecular complexity index is 613. The van der Waals surface area contributed by atoms with Gasteiger partial charge in [-0.2, -0.15) is 0 Å². The van der Waals surface area contributed by atoms with Crippen molar-refractivity contribution >= 4 is 36.1 Å². The summed E-state index contributed by atoms with van der Waals surface area (Å²) in [6.45, 7) is 4.64. The van der Waals surface area contributed by atoms with E-state index in [0.717, 1.165) is 12.1 Å². The summed E-state index contributed by atoms with van der Waals surface area (Å²) in [4.78, 5) is 22.6. The van der Waals surface area contributed by atoms with Gasteiger partial charge in [-0.15, -0.1) is 0 Å². The minimum atomic E-state index is -5.17. The number of rotatable bonds is 6. The van der Waals surface area contributed by atoms with Crippen molar-refractivity contribution < 1.29 is 26.3 Å². The van der Waals surface area contributed by atoms with Crippen molar-refractivity contribution in [3.63, 3.8) is 0 Å². The van der Waals surface area contributed by atoms with Crippen LogP contribution in [0.1, 0.15) is 19.8 Å². The summed E-state index contributed by atoms with van der Waals surface area (Å²) >= 11 is -5.17. The molecule has 114 valence electrons. The Morgan fingerprint density at radius 1 is 1.48 bits per heavy atom. The Labute approximate surface area is 124 Å². The molecule has 1 aromatic rings. The first-order valence-corrected chi connectivity index (χ1v) is 9.34. The van der Waals surface area contributed by atoms with Gasteiger partial charge >= 0.3 is 124 Å². The minimum absolute atomic E-state index is 0.0657. The second-order valence-corrected chi connectivity index (χ2v) is 7.77. The number of benzene rings is 1. The Morgan fingerprint density at radius 3 is 2.71 bits per heavy atom. The van der Waals surface area contributed by atoms with Gasteiger partial charge in [0, 0.05) is 0 Å². The summed E-state index contributed by atoms with van der Waals surface area (Å²) in [5, 5.41) is 11.7. The fourth-order valence-corrected chi connectivity index (χ4v) is 3.93. The molecule has 0 aliphatic heterocycles. The van der Waals surface area contributed by atoms with E-state index in [4.69, 9.17) is 0 Å². The van der Waals surface area contributed by atoms with Gasteiger partial charge in [0.15, 0.2) is 0 Å². The molecule has 0 fully saturated rings. The zero-order chi connectivity index (χ0) is 16.0. The number of aromatic hydroxyl groups is 1. The van der Waals surface area contributed by atoms with Crippen LogP contribution in [-0.4, -0.2) is 35.3 Å². The molecule has 0 spiro atoms. The van der Waals surface area contributed by atoms with Crippen molar-refractivity contribution in [2.45, 2.75) is 19.8 Å². The van der Waals surface area contributed by atoms with Gasteiger partial charge in [0.25, 0.3) is 0 Å². The first kappa shape index (κ1) is 17.1. The molecule has 3 N–H and O–H groups in total. The van der Waals surface area contributed by atoms with Crippen LogP contribution in [0.2, 0.25) is 0 Å². The number of anilines is 1.